The second-order valence-corrected chi connectivity index (χ2v) is 3.88. The zero-order chi connectivity index (χ0) is 12.8. The SMILES string of the molecule is COCCCn1cnc(-c2cc(C#N)ccn2)c1. The molecule has 5 nitrogen and oxygen atoms in total. The first-order valence-electron chi connectivity index (χ1n) is 5.70. The summed E-state index contributed by atoms with van der Waals surface area (Å²) < 4.78 is 7.00. The maximum absolute atomic E-state index is 8.84. The van der Waals surface area contributed by atoms with Crippen LogP contribution in [0.25, 0.3) is 11.4 Å². The number of aryl methyl sites for hydroxylation is 1. The minimum Gasteiger partial charge on any atom is -0.385 e. The third kappa shape index (κ3) is 2.93. The van der Waals surface area contributed by atoms with E-state index in [9.17, 15) is 0 Å². The Balaban J connectivity index is 2.11. The molecule has 0 fully saturated rings. The number of imidazole rings is 1. The summed E-state index contributed by atoms with van der Waals surface area (Å²) in [5, 5.41) is 8.84. The van der Waals surface area contributed by atoms with Gasteiger partial charge in [0.25, 0.3) is 0 Å². The van der Waals surface area contributed by atoms with Gasteiger partial charge in [0.1, 0.15) is 5.69 Å². The van der Waals surface area contributed by atoms with Gasteiger partial charge in [-0.2, -0.15) is 5.26 Å². The van der Waals surface area contributed by atoms with Gasteiger partial charge in [0, 0.05) is 32.7 Å². The Bertz CT molecular complexity index is 556. The first-order valence-corrected chi connectivity index (χ1v) is 5.70. The summed E-state index contributed by atoms with van der Waals surface area (Å²) in [5.74, 6) is 0. The summed E-state index contributed by atoms with van der Waals surface area (Å²) >= 11 is 0. The van der Waals surface area contributed by atoms with E-state index in [1.807, 2.05) is 10.8 Å². The van der Waals surface area contributed by atoms with Crippen molar-refractivity contribution in [3.8, 4) is 17.5 Å². The van der Waals surface area contributed by atoms with Crippen LogP contribution in [0.2, 0.25) is 0 Å². The van der Waals surface area contributed by atoms with Crippen molar-refractivity contribution in [2.45, 2.75) is 13.0 Å². The molecule has 0 radical (unpaired) electrons. The van der Waals surface area contributed by atoms with Gasteiger partial charge in [-0.1, -0.05) is 0 Å². The second-order valence-electron chi connectivity index (χ2n) is 3.88. The normalized spacial score (nSPS) is 10.2. The van der Waals surface area contributed by atoms with Crippen LogP contribution >= 0.6 is 0 Å². The molecule has 92 valence electrons. The van der Waals surface area contributed by atoms with Gasteiger partial charge in [-0.05, 0) is 18.6 Å². The topological polar surface area (TPSA) is 63.7 Å². The monoisotopic (exact) mass is 242 g/mol. The Morgan fingerprint density at radius 2 is 2.28 bits per heavy atom. The van der Waals surface area contributed by atoms with Gasteiger partial charge in [-0.25, -0.2) is 4.98 Å². The van der Waals surface area contributed by atoms with E-state index < -0.39 is 0 Å². The summed E-state index contributed by atoms with van der Waals surface area (Å²) in [6.07, 6.45) is 6.26. The van der Waals surface area contributed by atoms with E-state index in [0.29, 0.717) is 5.56 Å². The van der Waals surface area contributed by atoms with Crippen molar-refractivity contribution in [2.75, 3.05) is 13.7 Å². The van der Waals surface area contributed by atoms with Crippen LogP contribution in [0.4, 0.5) is 0 Å². The highest BCUT2D eigenvalue weighted by atomic mass is 16.5. The Labute approximate surface area is 106 Å². The molecule has 2 aromatic heterocycles. The van der Waals surface area contributed by atoms with E-state index in [4.69, 9.17) is 10.00 Å². The fraction of sp³-hybridized carbons (Fsp3) is 0.308. The van der Waals surface area contributed by atoms with Crippen LogP contribution in [0, 0.1) is 11.3 Å². The van der Waals surface area contributed by atoms with Gasteiger partial charge in [-0.3, -0.25) is 4.98 Å². The maximum atomic E-state index is 8.84. The van der Waals surface area contributed by atoms with Crippen molar-refractivity contribution in [1.82, 2.24) is 14.5 Å². The highest BCUT2D eigenvalue weighted by Gasteiger charge is 2.04. The Morgan fingerprint density at radius 3 is 3.06 bits per heavy atom. The predicted octanol–water partition coefficient (Wildman–Crippen LogP) is 1.85. The number of nitrogens with zero attached hydrogens (tertiary/aromatic N) is 4. The fourth-order valence-electron chi connectivity index (χ4n) is 1.65. The number of aromatic nitrogens is 3. The molecule has 18 heavy (non-hydrogen) atoms. The molecule has 5 heteroatoms. The third-order valence-electron chi connectivity index (χ3n) is 2.55. The van der Waals surface area contributed by atoms with Crippen LogP contribution in [-0.4, -0.2) is 28.3 Å². The standard InChI is InChI=1S/C13H14N4O/c1-18-6-2-5-17-9-13(16-10-17)12-7-11(8-14)3-4-15-12/h3-4,7,9-10H,2,5-6H2,1H3. The first-order chi connectivity index (χ1) is 8.83. The first kappa shape index (κ1) is 12.3. The highest BCUT2D eigenvalue weighted by molar-refractivity contribution is 5.55. The lowest BCUT2D eigenvalue weighted by molar-refractivity contribution is 0.190. The minimum absolute atomic E-state index is 0.592. The molecule has 2 aromatic rings. The number of ether oxygens (including phenoxy) is 1. The number of pyridine rings is 1. The molecule has 0 atom stereocenters. The molecule has 2 heterocycles. The molecule has 0 saturated carbocycles. The molecule has 0 bridgehead atoms. The lowest BCUT2D eigenvalue weighted by Gasteiger charge is -2.00. The van der Waals surface area contributed by atoms with Crippen LogP contribution in [0.5, 0.6) is 0 Å². The van der Waals surface area contributed by atoms with Gasteiger partial charge in [0.2, 0.25) is 0 Å². The van der Waals surface area contributed by atoms with Crippen molar-refractivity contribution in [3.63, 3.8) is 0 Å². The maximum Gasteiger partial charge on any atom is 0.107 e. The van der Waals surface area contributed by atoms with Crippen LogP contribution in [0.15, 0.2) is 30.9 Å². The Morgan fingerprint density at radius 1 is 1.39 bits per heavy atom. The van der Waals surface area contributed by atoms with Crippen LogP contribution in [0.1, 0.15) is 12.0 Å². The summed E-state index contributed by atoms with van der Waals surface area (Å²) in [5.41, 5.74) is 2.10. The van der Waals surface area contributed by atoms with E-state index in [1.54, 1.807) is 31.8 Å². The molecule has 0 aromatic carbocycles. The lowest BCUT2D eigenvalue weighted by atomic mass is 10.2. The van der Waals surface area contributed by atoms with Gasteiger partial charge in [-0.15, -0.1) is 0 Å². The molecule has 0 N–H and O–H groups in total. The summed E-state index contributed by atoms with van der Waals surface area (Å²) in [4.78, 5) is 8.51. The van der Waals surface area contributed by atoms with Crippen molar-refractivity contribution < 1.29 is 4.74 Å². The average molecular weight is 242 g/mol. The smallest absolute Gasteiger partial charge is 0.107 e. The zero-order valence-electron chi connectivity index (χ0n) is 10.2. The van der Waals surface area contributed by atoms with Crippen LogP contribution in [0.3, 0.4) is 0 Å². The van der Waals surface area contributed by atoms with Crippen molar-refractivity contribution in [1.29, 1.82) is 5.26 Å². The lowest BCUT2D eigenvalue weighted by Crippen LogP contribution is -1.98. The number of methoxy groups -OCH3 is 1. The van der Waals surface area contributed by atoms with Gasteiger partial charge in [0.05, 0.1) is 23.7 Å². The van der Waals surface area contributed by atoms with Gasteiger partial charge >= 0.3 is 0 Å². The van der Waals surface area contributed by atoms with E-state index >= 15 is 0 Å². The van der Waals surface area contributed by atoms with Crippen LogP contribution < -0.4 is 0 Å². The van der Waals surface area contributed by atoms with E-state index in [0.717, 1.165) is 31.0 Å². The fourth-order valence-corrected chi connectivity index (χ4v) is 1.65. The molecular weight excluding hydrogens is 228 g/mol. The van der Waals surface area contributed by atoms with Crippen molar-refractivity contribution >= 4 is 0 Å². The summed E-state index contributed by atoms with van der Waals surface area (Å²) in [6, 6.07) is 5.51. The molecule has 0 aliphatic heterocycles. The molecule has 0 amide bonds. The molecule has 0 saturated heterocycles. The summed E-state index contributed by atoms with van der Waals surface area (Å²) in [7, 11) is 1.69. The highest BCUT2D eigenvalue weighted by Crippen LogP contribution is 2.15. The van der Waals surface area contributed by atoms with Gasteiger partial charge < -0.3 is 9.30 Å². The quantitative estimate of drug-likeness (QED) is 0.751. The number of rotatable bonds is 5. The number of nitriles is 1. The molecule has 0 aliphatic rings. The van der Waals surface area contributed by atoms with E-state index in [1.165, 1.54) is 0 Å². The van der Waals surface area contributed by atoms with E-state index in [-0.39, 0.29) is 0 Å². The molecule has 0 spiro atoms. The zero-order valence-corrected chi connectivity index (χ0v) is 10.2. The van der Waals surface area contributed by atoms with Crippen LogP contribution in [-0.2, 0) is 11.3 Å². The largest absolute Gasteiger partial charge is 0.385 e. The molecule has 0 aliphatic carbocycles. The number of hydrogen-bond donors (Lipinski definition) is 0. The van der Waals surface area contributed by atoms with Gasteiger partial charge in [0.15, 0.2) is 0 Å². The molecular formula is C13H14N4O. The minimum atomic E-state index is 0.592. The van der Waals surface area contributed by atoms with Crippen molar-refractivity contribution in [3.05, 3.63) is 36.4 Å². The predicted molar refractivity (Wildman–Crippen MR) is 66.7 cm³/mol. The average Bonchev–Trinajstić information content (AvgIpc) is 2.88. The van der Waals surface area contributed by atoms with E-state index in [2.05, 4.69) is 16.0 Å². The Hall–Kier alpha value is -2.19. The number of hydrogen-bond acceptors (Lipinski definition) is 4. The molecule has 2 rings (SSSR count). The van der Waals surface area contributed by atoms with Crippen molar-refractivity contribution in [2.24, 2.45) is 0 Å². The third-order valence-corrected chi connectivity index (χ3v) is 2.55. The molecule has 0 unspecified atom stereocenters. The summed E-state index contributed by atoms with van der Waals surface area (Å²) in [6.45, 7) is 1.59. The second kappa shape index (κ2) is 5.94. The Kier molecular flexibility index (Phi) is 4.05.